The number of alkyl halides is 2. The number of halogens is 2. The van der Waals surface area contributed by atoms with Crippen LogP contribution in [0.2, 0.25) is 0 Å². The molecule has 2 aromatic heterocycles. The zero-order valence-corrected chi connectivity index (χ0v) is 16.9. The number of pyridine rings is 2. The Morgan fingerprint density at radius 2 is 1.84 bits per heavy atom. The lowest BCUT2D eigenvalue weighted by Gasteiger charge is -2.17. The largest absolute Gasteiger partial charge is 0.586 e. The minimum atomic E-state index is -3.69. The summed E-state index contributed by atoms with van der Waals surface area (Å²) in [6.45, 7) is 3.86. The molecule has 3 heterocycles. The van der Waals surface area contributed by atoms with Crippen LogP contribution in [0.4, 0.5) is 14.6 Å². The van der Waals surface area contributed by atoms with Gasteiger partial charge in [-0.1, -0.05) is 12.1 Å². The molecule has 1 aromatic carbocycles. The maximum Gasteiger partial charge on any atom is 0.586 e. The Balaban J connectivity index is 1.41. The van der Waals surface area contributed by atoms with Gasteiger partial charge < -0.3 is 14.8 Å². The highest BCUT2D eigenvalue weighted by Gasteiger charge is 2.53. The van der Waals surface area contributed by atoms with Crippen LogP contribution < -0.4 is 14.8 Å². The number of nitrogens with zero attached hydrogens (tertiary/aromatic N) is 2. The van der Waals surface area contributed by atoms with E-state index in [-0.39, 0.29) is 17.4 Å². The maximum atomic E-state index is 13.3. The second kappa shape index (κ2) is 6.73. The van der Waals surface area contributed by atoms with E-state index in [4.69, 9.17) is 0 Å². The Morgan fingerprint density at radius 3 is 2.58 bits per heavy atom. The van der Waals surface area contributed by atoms with Crippen LogP contribution in [0.5, 0.6) is 11.5 Å². The van der Waals surface area contributed by atoms with Crippen LogP contribution in [-0.2, 0) is 10.2 Å². The molecule has 1 N–H and O–H groups in total. The topological polar surface area (TPSA) is 73.3 Å². The summed E-state index contributed by atoms with van der Waals surface area (Å²) in [6.07, 6.45) is -0.755. The fourth-order valence-electron chi connectivity index (χ4n) is 3.86. The van der Waals surface area contributed by atoms with Crippen molar-refractivity contribution in [3.05, 3.63) is 65.5 Å². The molecule has 6 nitrogen and oxygen atoms in total. The van der Waals surface area contributed by atoms with E-state index in [0.29, 0.717) is 24.2 Å². The molecule has 5 rings (SSSR count). The predicted octanol–water partition coefficient (Wildman–Crippen LogP) is 4.75. The maximum absolute atomic E-state index is 13.3. The van der Waals surface area contributed by atoms with E-state index in [1.165, 1.54) is 12.1 Å². The first-order valence-corrected chi connectivity index (χ1v) is 9.89. The number of anilines is 1. The molecule has 0 radical (unpaired) electrons. The van der Waals surface area contributed by atoms with E-state index in [0.717, 1.165) is 22.5 Å². The van der Waals surface area contributed by atoms with Crippen molar-refractivity contribution in [2.45, 2.75) is 38.4 Å². The van der Waals surface area contributed by atoms with Crippen LogP contribution in [0.3, 0.4) is 0 Å². The minimum Gasteiger partial charge on any atom is -0.395 e. The smallest absolute Gasteiger partial charge is 0.395 e. The third kappa shape index (κ3) is 3.37. The number of hydrogen-bond donors (Lipinski definition) is 1. The van der Waals surface area contributed by atoms with Crippen LogP contribution >= 0.6 is 0 Å². The standard InChI is InChI=1S/C23H19F2N3O3/c1-13-5-8-19(27-20(13)16-4-3-11-26-14(16)2)28-21(29)22(9-10-22)15-6-7-17-18(12-15)31-23(24,25)30-17/h3-8,11-12H,9-10H2,1-2H3,(H,27,28,29). The zero-order valence-electron chi connectivity index (χ0n) is 16.9. The van der Waals surface area contributed by atoms with Gasteiger partial charge >= 0.3 is 6.29 Å². The second-order valence-electron chi connectivity index (χ2n) is 7.86. The molecule has 1 saturated carbocycles. The molecule has 3 aromatic rings. The van der Waals surface area contributed by atoms with Crippen LogP contribution in [0, 0.1) is 13.8 Å². The normalized spacial score (nSPS) is 17.3. The van der Waals surface area contributed by atoms with Crippen molar-refractivity contribution >= 4 is 11.7 Å². The molecule has 0 unspecified atom stereocenters. The van der Waals surface area contributed by atoms with Gasteiger partial charge in [0.25, 0.3) is 0 Å². The first-order valence-electron chi connectivity index (χ1n) is 9.89. The van der Waals surface area contributed by atoms with Crippen molar-refractivity contribution in [3.8, 4) is 22.8 Å². The number of benzene rings is 1. The molecule has 0 spiro atoms. The van der Waals surface area contributed by atoms with Crippen molar-refractivity contribution in [3.63, 3.8) is 0 Å². The average molecular weight is 423 g/mol. The summed E-state index contributed by atoms with van der Waals surface area (Å²) in [5.74, 6) is 0.0850. The molecule has 158 valence electrons. The van der Waals surface area contributed by atoms with E-state index >= 15 is 0 Å². The summed E-state index contributed by atoms with van der Waals surface area (Å²) >= 11 is 0. The highest BCUT2D eigenvalue weighted by Crippen LogP contribution is 2.52. The van der Waals surface area contributed by atoms with Gasteiger partial charge in [-0.25, -0.2) is 4.98 Å². The number of ether oxygens (including phenoxy) is 2. The molecule has 2 aliphatic rings. The molecule has 1 aliphatic carbocycles. The summed E-state index contributed by atoms with van der Waals surface area (Å²) in [5.41, 5.74) is 3.27. The zero-order chi connectivity index (χ0) is 21.8. The Labute approximate surface area is 177 Å². The molecular formula is C23H19F2N3O3. The molecule has 1 aliphatic heterocycles. The predicted molar refractivity (Wildman–Crippen MR) is 109 cm³/mol. The fraction of sp³-hybridized carbons (Fsp3) is 0.261. The quantitative estimate of drug-likeness (QED) is 0.656. The van der Waals surface area contributed by atoms with Gasteiger partial charge in [0.05, 0.1) is 11.1 Å². The number of aromatic nitrogens is 2. The number of amides is 1. The van der Waals surface area contributed by atoms with E-state index in [1.54, 1.807) is 18.3 Å². The number of hydrogen-bond acceptors (Lipinski definition) is 5. The highest BCUT2D eigenvalue weighted by molar-refractivity contribution is 6.01. The van der Waals surface area contributed by atoms with Gasteiger partial charge in [0.2, 0.25) is 5.91 Å². The van der Waals surface area contributed by atoms with Gasteiger partial charge in [-0.2, -0.15) is 0 Å². The summed E-state index contributed by atoms with van der Waals surface area (Å²) in [7, 11) is 0. The number of carbonyl (C=O) groups is 1. The molecule has 31 heavy (non-hydrogen) atoms. The minimum absolute atomic E-state index is 0.0401. The van der Waals surface area contributed by atoms with Crippen molar-refractivity contribution in [2.75, 3.05) is 5.32 Å². The van der Waals surface area contributed by atoms with Gasteiger partial charge in [0, 0.05) is 17.5 Å². The van der Waals surface area contributed by atoms with Crippen molar-refractivity contribution < 1.29 is 23.0 Å². The van der Waals surface area contributed by atoms with Crippen molar-refractivity contribution in [1.29, 1.82) is 0 Å². The van der Waals surface area contributed by atoms with Crippen LogP contribution in [0.1, 0.15) is 29.7 Å². The lowest BCUT2D eigenvalue weighted by molar-refractivity contribution is -0.286. The van der Waals surface area contributed by atoms with Crippen molar-refractivity contribution in [2.24, 2.45) is 0 Å². The summed E-state index contributed by atoms with van der Waals surface area (Å²) in [5, 5.41) is 2.89. The van der Waals surface area contributed by atoms with Gasteiger partial charge in [-0.3, -0.25) is 9.78 Å². The van der Waals surface area contributed by atoms with E-state index in [2.05, 4.69) is 24.8 Å². The number of rotatable bonds is 4. The van der Waals surface area contributed by atoms with Gasteiger partial charge in [-0.15, -0.1) is 8.78 Å². The third-order valence-corrected chi connectivity index (χ3v) is 5.74. The fourth-order valence-corrected chi connectivity index (χ4v) is 3.86. The first kappa shape index (κ1) is 19.4. The number of nitrogens with one attached hydrogen (secondary N) is 1. The first-order chi connectivity index (χ1) is 14.8. The molecular weight excluding hydrogens is 404 g/mol. The van der Waals surface area contributed by atoms with Gasteiger partial charge in [0.1, 0.15) is 5.82 Å². The van der Waals surface area contributed by atoms with Crippen molar-refractivity contribution in [1.82, 2.24) is 9.97 Å². The van der Waals surface area contributed by atoms with Gasteiger partial charge in [0.15, 0.2) is 11.5 Å². The Hall–Kier alpha value is -3.55. The summed E-state index contributed by atoms with van der Waals surface area (Å²) in [6, 6.07) is 11.9. The average Bonchev–Trinajstić information content (AvgIpc) is 3.47. The molecule has 1 amide bonds. The monoisotopic (exact) mass is 423 g/mol. The molecule has 0 bridgehead atoms. The van der Waals surface area contributed by atoms with E-state index in [9.17, 15) is 13.6 Å². The van der Waals surface area contributed by atoms with E-state index in [1.807, 2.05) is 32.0 Å². The SMILES string of the molecule is Cc1ccc(NC(=O)C2(c3ccc4c(c3)OC(F)(F)O4)CC2)nc1-c1cccnc1C. The molecule has 0 atom stereocenters. The van der Waals surface area contributed by atoms with Crippen LogP contribution in [0.15, 0.2) is 48.7 Å². The number of aryl methyl sites for hydroxylation is 2. The van der Waals surface area contributed by atoms with Gasteiger partial charge in [-0.05, 0) is 68.1 Å². The number of fused-ring (bicyclic) bond motifs is 1. The Bertz CT molecular complexity index is 1210. The van der Waals surface area contributed by atoms with E-state index < -0.39 is 11.7 Å². The van der Waals surface area contributed by atoms with Crippen LogP contribution in [-0.4, -0.2) is 22.2 Å². The Morgan fingerprint density at radius 1 is 1.06 bits per heavy atom. The lowest BCUT2D eigenvalue weighted by Crippen LogP contribution is -2.28. The summed E-state index contributed by atoms with van der Waals surface area (Å²) in [4.78, 5) is 22.1. The highest BCUT2D eigenvalue weighted by atomic mass is 19.3. The molecule has 8 heteroatoms. The third-order valence-electron chi connectivity index (χ3n) is 5.74. The molecule has 0 saturated heterocycles. The van der Waals surface area contributed by atoms with Crippen LogP contribution in [0.25, 0.3) is 11.3 Å². The lowest BCUT2D eigenvalue weighted by atomic mass is 9.94. The molecule has 1 fully saturated rings. The second-order valence-corrected chi connectivity index (χ2v) is 7.86. The summed E-state index contributed by atoms with van der Waals surface area (Å²) < 4.78 is 35.6. The Kier molecular flexibility index (Phi) is 4.22. The number of carbonyl (C=O) groups excluding carboxylic acids is 1.